The van der Waals surface area contributed by atoms with Crippen molar-refractivity contribution in [2.24, 2.45) is 0 Å². The normalized spacial score (nSPS) is 14.9. The van der Waals surface area contributed by atoms with Gasteiger partial charge in [0.15, 0.2) is 0 Å². The van der Waals surface area contributed by atoms with Crippen molar-refractivity contribution < 1.29 is 4.39 Å². The Morgan fingerprint density at radius 3 is 3.08 bits per heavy atom. The van der Waals surface area contributed by atoms with Gasteiger partial charge in [0, 0.05) is 11.4 Å². The van der Waals surface area contributed by atoms with Crippen LogP contribution < -0.4 is 10.9 Å². The van der Waals surface area contributed by atoms with E-state index in [0.717, 1.165) is 29.9 Å². The Balaban J connectivity index is 1.84. The van der Waals surface area contributed by atoms with Crippen LogP contribution in [-0.2, 0) is 13.0 Å². The molecule has 1 N–H and O–H groups in total. The second-order valence-corrected chi connectivity index (χ2v) is 7.18. The number of fused-ring (bicyclic) bond motifs is 3. The zero-order valence-electron chi connectivity index (χ0n) is 13.5. The minimum Gasteiger partial charge on any atom is -0.312 e. The van der Waals surface area contributed by atoms with Gasteiger partial charge in [-0.25, -0.2) is 9.37 Å². The molecule has 1 aliphatic heterocycles. The summed E-state index contributed by atoms with van der Waals surface area (Å²) in [5.41, 5.74) is 1.62. The lowest BCUT2D eigenvalue weighted by atomic mass is 10.0. The van der Waals surface area contributed by atoms with E-state index in [0.29, 0.717) is 10.9 Å². The van der Waals surface area contributed by atoms with Crippen molar-refractivity contribution in [2.75, 3.05) is 6.54 Å². The number of thiophene rings is 1. The lowest BCUT2D eigenvalue weighted by Crippen LogP contribution is -2.26. The number of nitrogens with one attached hydrogen (secondary N) is 1. The highest BCUT2D eigenvalue weighted by Crippen LogP contribution is 2.30. The van der Waals surface area contributed by atoms with E-state index >= 15 is 0 Å². The summed E-state index contributed by atoms with van der Waals surface area (Å²) in [7, 11) is 0. The van der Waals surface area contributed by atoms with Crippen molar-refractivity contribution in [3.8, 4) is 6.07 Å². The van der Waals surface area contributed by atoms with Gasteiger partial charge in [-0.15, -0.1) is 11.3 Å². The average molecular weight is 354 g/mol. The zero-order chi connectivity index (χ0) is 17.6. The van der Waals surface area contributed by atoms with Crippen LogP contribution in [0.4, 0.5) is 4.39 Å². The van der Waals surface area contributed by atoms with Crippen LogP contribution in [0.1, 0.15) is 34.5 Å². The van der Waals surface area contributed by atoms with Crippen LogP contribution in [0.15, 0.2) is 29.3 Å². The minimum absolute atomic E-state index is 0.00345. The fourth-order valence-corrected chi connectivity index (χ4v) is 4.39. The fourth-order valence-electron chi connectivity index (χ4n) is 3.25. The van der Waals surface area contributed by atoms with Crippen LogP contribution in [0.25, 0.3) is 10.2 Å². The quantitative estimate of drug-likeness (QED) is 0.768. The molecule has 3 heterocycles. The molecule has 0 amide bonds. The number of hydrogen-bond donors (Lipinski definition) is 1. The molecule has 0 saturated carbocycles. The first-order valence-electron chi connectivity index (χ1n) is 8.02. The molecule has 7 heteroatoms. The number of hydrogen-bond acceptors (Lipinski definition) is 5. The standard InChI is InChI=1S/C18H15FN4OS/c1-10(11-2-3-12(7-20)14(19)6-11)23-9-22-17-16(18(23)24)13-4-5-21-8-15(13)25-17/h2-3,6,9-10,21H,4-5,8H2,1H3/t10-/m1/s1. The second kappa shape index (κ2) is 6.06. The molecule has 0 saturated heterocycles. The summed E-state index contributed by atoms with van der Waals surface area (Å²) in [5, 5.41) is 12.8. The molecule has 0 bridgehead atoms. The summed E-state index contributed by atoms with van der Waals surface area (Å²) in [4.78, 5) is 19.4. The molecule has 0 unspecified atom stereocenters. The van der Waals surface area contributed by atoms with Gasteiger partial charge in [-0.1, -0.05) is 6.07 Å². The molecule has 2 aromatic heterocycles. The first kappa shape index (κ1) is 15.9. The highest BCUT2D eigenvalue weighted by molar-refractivity contribution is 7.18. The summed E-state index contributed by atoms with van der Waals surface area (Å²) in [6.45, 7) is 3.45. The molecule has 4 rings (SSSR count). The Bertz CT molecular complexity index is 1080. The van der Waals surface area contributed by atoms with Gasteiger partial charge in [-0.3, -0.25) is 9.36 Å². The maximum Gasteiger partial charge on any atom is 0.262 e. The van der Waals surface area contributed by atoms with Crippen molar-refractivity contribution in [2.45, 2.75) is 25.9 Å². The zero-order valence-corrected chi connectivity index (χ0v) is 14.4. The summed E-state index contributed by atoms with van der Waals surface area (Å²) in [6.07, 6.45) is 2.34. The van der Waals surface area contributed by atoms with Crippen molar-refractivity contribution in [1.82, 2.24) is 14.9 Å². The van der Waals surface area contributed by atoms with Crippen LogP contribution in [0.3, 0.4) is 0 Å². The van der Waals surface area contributed by atoms with Gasteiger partial charge in [-0.05, 0) is 43.1 Å². The first-order chi connectivity index (χ1) is 12.1. The van der Waals surface area contributed by atoms with E-state index in [4.69, 9.17) is 5.26 Å². The van der Waals surface area contributed by atoms with Crippen molar-refractivity contribution in [3.05, 3.63) is 62.3 Å². The Hall–Kier alpha value is -2.56. The Morgan fingerprint density at radius 1 is 1.48 bits per heavy atom. The van der Waals surface area contributed by atoms with Crippen LogP contribution >= 0.6 is 11.3 Å². The van der Waals surface area contributed by atoms with E-state index in [-0.39, 0.29) is 17.2 Å². The lowest BCUT2D eigenvalue weighted by Gasteiger charge is -2.16. The molecule has 1 aliphatic rings. The van der Waals surface area contributed by atoms with E-state index in [1.54, 1.807) is 23.5 Å². The van der Waals surface area contributed by atoms with E-state index in [1.807, 2.05) is 6.92 Å². The predicted octanol–water partition coefficient (Wildman–Crippen LogP) is 2.72. The molecular formula is C18H15FN4OS. The Labute approximate surface area is 147 Å². The Morgan fingerprint density at radius 2 is 2.32 bits per heavy atom. The molecule has 0 aliphatic carbocycles. The maximum atomic E-state index is 13.9. The Kier molecular flexibility index (Phi) is 3.86. The van der Waals surface area contributed by atoms with E-state index in [2.05, 4.69) is 10.3 Å². The van der Waals surface area contributed by atoms with E-state index in [9.17, 15) is 9.18 Å². The molecule has 25 heavy (non-hydrogen) atoms. The van der Waals surface area contributed by atoms with Crippen molar-refractivity contribution in [3.63, 3.8) is 0 Å². The lowest BCUT2D eigenvalue weighted by molar-refractivity contribution is 0.588. The number of nitrogens with zero attached hydrogens (tertiary/aromatic N) is 3. The first-order valence-corrected chi connectivity index (χ1v) is 8.83. The summed E-state index contributed by atoms with van der Waals surface area (Å²) < 4.78 is 15.5. The minimum atomic E-state index is -0.576. The van der Waals surface area contributed by atoms with Gasteiger partial charge in [0.1, 0.15) is 16.7 Å². The van der Waals surface area contributed by atoms with Gasteiger partial charge in [0.2, 0.25) is 0 Å². The third kappa shape index (κ3) is 2.54. The predicted molar refractivity (Wildman–Crippen MR) is 94.2 cm³/mol. The third-order valence-electron chi connectivity index (χ3n) is 4.67. The highest BCUT2D eigenvalue weighted by Gasteiger charge is 2.21. The molecule has 1 atom stereocenters. The number of aromatic nitrogens is 2. The summed E-state index contributed by atoms with van der Waals surface area (Å²) in [5.74, 6) is -0.576. The monoisotopic (exact) mass is 354 g/mol. The summed E-state index contributed by atoms with van der Waals surface area (Å²) >= 11 is 1.55. The second-order valence-electron chi connectivity index (χ2n) is 6.09. The molecule has 126 valence electrons. The molecule has 3 aromatic rings. The number of nitriles is 1. The maximum absolute atomic E-state index is 13.9. The van der Waals surface area contributed by atoms with E-state index < -0.39 is 5.82 Å². The largest absolute Gasteiger partial charge is 0.312 e. The smallest absolute Gasteiger partial charge is 0.262 e. The van der Waals surface area contributed by atoms with Gasteiger partial charge < -0.3 is 5.32 Å². The van der Waals surface area contributed by atoms with Gasteiger partial charge in [0.05, 0.1) is 23.3 Å². The van der Waals surface area contributed by atoms with Crippen molar-refractivity contribution >= 4 is 21.6 Å². The van der Waals surface area contributed by atoms with Crippen LogP contribution in [0, 0.1) is 17.1 Å². The van der Waals surface area contributed by atoms with E-state index in [1.165, 1.54) is 27.9 Å². The van der Waals surface area contributed by atoms with Gasteiger partial charge in [-0.2, -0.15) is 5.26 Å². The summed E-state index contributed by atoms with van der Waals surface area (Å²) in [6, 6.07) is 5.87. The molecule has 0 spiro atoms. The topological polar surface area (TPSA) is 70.7 Å². The SMILES string of the molecule is C[C@H](c1ccc(C#N)c(F)c1)n1cnc2sc3c(c2c1=O)CCNC3. The number of benzene rings is 1. The van der Waals surface area contributed by atoms with Crippen LogP contribution in [-0.4, -0.2) is 16.1 Å². The number of rotatable bonds is 2. The fraction of sp³-hybridized carbons (Fsp3) is 0.278. The number of halogens is 1. The van der Waals surface area contributed by atoms with Gasteiger partial charge in [0.25, 0.3) is 5.56 Å². The third-order valence-corrected chi connectivity index (χ3v) is 5.81. The van der Waals surface area contributed by atoms with Crippen molar-refractivity contribution in [1.29, 1.82) is 5.26 Å². The molecule has 0 radical (unpaired) electrons. The van der Waals surface area contributed by atoms with Crippen LogP contribution in [0.5, 0.6) is 0 Å². The molecule has 1 aromatic carbocycles. The molecule has 0 fully saturated rings. The van der Waals surface area contributed by atoms with Crippen LogP contribution in [0.2, 0.25) is 0 Å². The van der Waals surface area contributed by atoms with Gasteiger partial charge >= 0.3 is 0 Å². The molecular weight excluding hydrogens is 339 g/mol. The highest BCUT2D eigenvalue weighted by atomic mass is 32.1. The molecule has 5 nitrogen and oxygen atoms in total. The average Bonchev–Trinajstić information content (AvgIpc) is 3.00.